The predicted molar refractivity (Wildman–Crippen MR) is 83.1 cm³/mol. The molecule has 0 N–H and O–H groups in total. The summed E-state index contributed by atoms with van der Waals surface area (Å²) < 4.78 is 6.56. The Morgan fingerprint density at radius 3 is 2.86 bits per heavy atom. The van der Waals surface area contributed by atoms with E-state index in [0.29, 0.717) is 15.8 Å². The third-order valence-corrected chi connectivity index (χ3v) is 4.62. The van der Waals surface area contributed by atoms with Crippen LogP contribution in [0.1, 0.15) is 22.5 Å². The fraction of sp³-hybridized carbons (Fsp3) is 0.333. The summed E-state index contributed by atoms with van der Waals surface area (Å²) in [6, 6.07) is 7.21. The van der Waals surface area contributed by atoms with Crippen molar-refractivity contribution in [2.75, 3.05) is 13.1 Å². The second-order valence-corrected chi connectivity index (χ2v) is 6.64. The molecule has 1 atom stereocenters. The minimum absolute atomic E-state index is 0.0283. The monoisotopic (exact) mass is 322 g/mol. The number of hydrogen-bond acceptors (Lipinski definition) is 4. The van der Waals surface area contributed by atoms with Gasteiger partial charge < -0.3 is 9.64 Å². The first-order chi connectivity index (χ1) is 10.2. The summed E-state index contributed by atoms with van der Waals surface area (Å²) in [5, 5.41) is 0. The molecule has 2 aromatic rings. The van der Waals surface area contributed by atoms with Crippen LogP contribution in [0.25, 0.3) is 0 Å². The minimum atomic E-state index is 0.0283. The van der Waals surface area contributed by atoms with E-state index in [-0.39, 0.29) is 12.0 Å². The number of halogens is 1. The van der Waals surface area contributed by atoms with Gasteiger partial charge in [0, 0.05) is 18.9 Å². The number of hydrogen-bond donors (Lipinski definition) is 0. The highest BCUT2D eigenvalue weighted by molar-refractivity contribution is 7.17. The normalized spacial score (nSPS) is 18.5. The van der Waals surface area contributed by atoms with E-state index < -0.39 is 0 Å². The van der Waals surface area contributed by atoms with Crippen molar-refractivity contribution >= 4 is 28.8 Å². The number of carbonyl (C=O) groups is 1. The van der Waals surface area contributed by atoms with Crippen LogP contribution in [0, 0.1) is 0 Å². The van der Waals surface area contributed by atoms with E-state index >= 15 is 0 Å². The van der Waals surface area contributed by atoms with E-state index in [9.17, 15) is 4.79 Å². The van der Waals surface area contributed by atoms with Gasteiger partial charge in [0.1, 0.15) is 11.9 Å². The molecule has 0 bridgehead atoms. The van der Waals surface area contributed by atoms with Crippen LogP contribution >= 0.6 is 22.9 Å². The van der Waals surface area contributed by atoms with Crippen LogP contribution < -0.4 is 4.74 Å². The predicted octanol–water partition coefficient (Wildman–Crippen LogP) is 3.48. The molecule has 0 radical (unpaired) electrons. The van der Waals surface area contributed by atoms with Crippen molar-refractivity contribution in [1.82, 2.24) is 9.88 Å². The summed E-state index contributed by atoms with van der Waals surface area (Å²) in [5.41, 5.74) is 0. The molecule has 2 aromatic heterocycles. The largest absolute Gasteiger partial charge is 0.488 e. The summed E-state index contributed by atoms with van der Waals surface area (Å²) in [7, 11) is 0. The van der Waals surface area contributed by atoms with Crippen molar-refractivity contribution in [2.45, 2.75) is 18.9 Å². The van der Waals surface area contributed by atoms with Crippen LogP contribution in [0.2, 0.25) is 4.34 Å². The molecule has 3 heterocycles. The number of carbonyl (C=O) groups excluding carboxylic acids is 1. The fourth-order valence-corrected chi connectivity index (χ4v) is 3.42. The molecule has 0 aromatic carbocycles. The zero-order valence-electron chi connectivity index (χ0n) is 11.4. The summed E-state index contributed by atoms with van der Waals surface area (Å²) in [4.78, 5) is 18.9. The van der Waals surface area contributed by atoms with E-state index in [1.807, 2.05) is 17.0 Å². The van der Waals surface area contributed by atoms with E-state index in [2.05, 4.69) is 4.98 Å². The number of ether oxygens (including phenoxy) is 1. The molecule has 0 saturated carbocycles. The molecule has 110 valence electrons. The molecule has 21 heavy (non-hydrogen) atoms. The average Bonchev–Trinajstić information content (AvgIpc) is 2.94. The Labute approximate surface area is 132 Å². The van der Waals surface area contributed by atoms with Crippen LogP contribution in [0.4, 0.5) is 0 Å². The molecule has 1 amide bonds. The third kappa shape index (κ3) is 3.54. The third-order valence-electron chi connectivity index (χ3n) is 3.40. The van der Waals surface area contributed by atoms with Gasteiger partial charge >= 0.3 is 0 Å². The SMILES string of the molecule is O=C(c1ccc(Cl)s1)N1CCCC(Oc2ccncc2)C1. The molecule has 1 unspecified atom stereocenters. The lowest BCUT2D eigenvalue weighted by Crippen LogP contribution is -2.44. The number of amides is 1. The smallest absolute Gasteiger partial charge is 0.264 e. The highest BCUT2D eigenvalue weighted by Crippen LogP contribution is 2.25. The second-order valence-electron chi connectivity index (χ2n) is 4.92. The number of thiophene rings is 1. The maximum Gasteiger partial charge on any atom is 0.264 e. The Bertz CT molecular complexity index is 617. The standard InChI is InChI=1S/C15H15ClN2O2S/c16-14-4-3-13(21-14)15(19)18-9-1-2-12(10-18)20-11-5-7-17-8-6-11/h3-8,12H,1-2,9-10H2. The van der Waals surface area contributed by atoms with Crippen molar-refractivity contribution in [3.63, 3.8) is 0 Å². The lowest BCUT2D eigenvalue weighted by molar-refractivity contribution is 0.0542. The van der Waals surface area contributed by atoms with E-state index in [1.54, 1.807) is 24.5 Å². The van der Waals surface area contributed by atoms with Gasteiger partial charge in [-0.15, -0.1) is 11.3 Å². The molecule has 0 aliphatic carbocycles. The van der Waals surface area contributed by atoms with Crippen molar-refractivity contribution in [3.05, 3.63) is 45.9 Å². The van der Waals surface area contributed by atoms with Gasteiger partial charge in [-0.05, 0) is 37.1 Å². The van der Waals surface area contributed by atoms with Gasteiger partial charge in [-0.3, -0.25) is 9.78 Å². The van der Waals surface area contributed by atoms with Gasteiger partial charge in [-0.2, -0.15) is 0 Å². The molecule has 4 nitrogen and oxygen atoms in total. The van der Waals surface area contributed by atoms with Crippen LogP contribution in [-0.4, -0.2) is 35.0 Å². The van der Waals surface area contributed by atoms with Crippen molar-refractivity contribution in [3.8, 4) is 5.75 Å². The summed E-state index contributed by atoms with van der Waals surface area (Å²) in [6.45, 7) is 1.38. The molecule has 6 heteroatoms. The maximum absolute atomic E-state index is 12.4. The Morgan fingerprint density at radius 2 is 2.14 bits per heavy atom. The first-order valence-electron chi connectivity index (χ1n) is 6.83. The quantitative estimate of drug-likeness (QED) is 0.869. The number of rotatable bonds is 3. The highest BCUT2D eigenvalue weighted by Gasteiger charge is 2.26. The topological polar surface area (TPSA) is 42.4 Å². The Morgan fingerprint density at radius 1 is 1.33 bits per heavy atom. The maximum atomic E-state index is 12.4. The first kappa shape index (κ1) is 14.4. The summed E-state index contributed by atoms with van der Waals surface area (Å²) in [5.74, 6) is 0.832. The highest BCUT2D eigenvalue weighted by atomic mass is 35.5. The second kappa shape index (κ2) is 6.45. The first-order valence-corrected chi connectivity index (χ1v) is 8.03. The van der Waals surface area contributed by atoms with Crippen LogP contribution in [0.15, 0.2) is 36.7 Å². The molecule has 1 aliphatic rings. The minimum Gasteiger partial charge on any atom is -0.488 e. The van der Waals surface area contributed by atoms with Gasteiger partial charge in [0.15, 0.2) is 0 Å². The van der Waals surface area contributed by atoms with Gasteiger partial charge in [-0.1, -0.05) is 11.6 Å². The van der Waals surface area contributed by atoms with Crippen LogP contribution in [0.3, 0.4) is 0 Å². The van der Waals surface area contributed by atoms with E-state index in [4.69, 9.17) is 16.3 Å². The van der Waals surface area contributed by atoms with Crippen LogP contribution in [-0.2, 0) is 0 Å². The summed E-state index contributed by atoms with van der Waals surface area (Å²) in [6.07, 6.45) is 5.34. The van der Waals surface area contributed by atoms with Gasteiger partial charge in [-0.25, -0.2) is 0 Å². The number of piperidine rings is 1. The van der Waals surface area contributed by atoms with E-state index in [1.165, 1.54) is 11.3 Å². The van der Waals surface area contributed by atoms with Crippen molar-refractivity contribution in [2.24, 2.45) is 0 Å². The van der Waals surface area contributed by atoms with E-state index in [0.717, 1.165) is 25.1 Å². The molecule has 1 saturated heterocycles. The van der Waals surface area contributed by atoms with Gasteiger partial charge in [0.25, 0.3) is 5.91 Å². The molecular formula is C15H15ClN2O2S. The average molecular weight is 323 g/mol. The lowest BCUT2D eigenvalue weighted by Gasteiger charge is -2.32. The Hall–Kier alpha value is -1.59. The van der Waals surface area contributed by atoms with Crippen molar-refractivity contribution < 1.29 is 9.53 Å². The molecule has 1 aliphatic heterocycles. The van der Waals surface area contributed by atoms with Gasteiger partial charge in [0.05, 0.1) is 15.8 Å². The molecule has 0 spiro atoms. The number of pyridine rings is 1. The van der Waals surface area contributed by atoms with Crippen LogP contribution in [0.5, 0.6) is 5.75 Å². The molecule has 3 rings (SSSR count). The Balaban J connectivity index is 1.64. The zero-order valence-corrected chi connectivity index (χ0v) is 12.9. The fourth-order valence-electron chi connectivity index (χ4n) is 2.41. The molecule has 1 fully saturated rings. The zero-order chi connectivity index (χ0) is 14.7. The van der Waals surface area contributed by atoms with Crippen molar-refractivity contribution in [1.29, 1.82) is 0 Å². The van der Waals surface area contributed by atoms with Gasteiger partial charge in [0.2, 0.25) is 0 Å². The number of aromatic nitrogens is 1. The summed E-state index contributed by atoms with van der Waals surface area (Å²) >= 11 is 7.22. The number of nitrogens with zero attached hydrogens (tertiary/aromatic N) is 2. The Kier molecular flexibility index (Phi) is 4.41. The lowest BCUT2D eigenvalue weighted by atomic mass is 10.1. The number of likely N-dealkylation sites (tertiary alicyclic amines) is 1. The molecular weight excluding hydrogens is 308 g/mol.